The number of aromatic nitrogens is 2. The van der Waals surface area contributed by atoms with Gasteiger partial charge in [0.25, 0.3) is 0 Å². The molecule has 0 aliphatic carbocycles. The van der Waals surface area contributed by atoms with Crippen molar-refractivity contribution in [1.82, 2.24) is 9.97 Å². The number of rotatable bonds is 2. The standard InChI is InChI=1S/C15H12F3N3O/c1-21(2)12-8-19-6-5-10(12)14-20-11-7-9(15(16,17)18)3-4-13(11)22-14/h3-8H,1-2H3. The van der Waals surface area contributed by atoms with Gasteiger partial charge in [-0.1, -0.05) is 0 Å². The summed E-state index contributed by atoms with van der Waals surface area (Å²) in [7, 11) is 3.68. The predicted octanol–water partition coefficient (Wildman–Crippen LogP) is 3.97. The average Bonchev–Trinajstić information content (AvgIpc) is 2.89. The molecule has 0 aliphatic rings. The van der Waals surface area contributed by atoms with Crippen LogP contribution >= 0.6 is 0 Å². The van der Waals surface area contributed by atoms with Crippen LogP contribution in [0.25, 0.3) is 22.6 Å². The molecule has 0 aliphatic heterocycles. The van der Waals surface area contributed by atoms with Crippen LogP contribution in [-0.2, 0) is 6.18 Å². The van der Waals surface area contributed by atoms with Crippen LogP contribution in [0, 0.1) is 0 Å². The van der Waals surface area contributed by atoms with Crippen LogP contribution in [0.4, 0.5) is 18.9 Å². The highest BCUT2D eigenvalue weighted by molar-refractivity contribution is 5.80. The summed E-state index contributed by atoms with van der Waals surface area (Å²) >= 11 is 0. The quantitative estimate of drug-likeness (QED) is 0.718. The van der Waals surface area contributed by atoms with Gasteiger partial charge in [-0.2, -0.15) is 13.2 Å². The van der Waals surface area contributed by atoms with Gasteiger partial charge >= 0.3 is 6.18 Å². The Hall–Kier alpha value is -2.57. The number of oxazole rings is 1. The first-order valence-electron chi connectivity index (χ1n) is 6.46. The van der Waals surface area contributed by atoms with Crippen molar-refractivity contribution >= 4 is 16.8 Å². The molecule has 114 valence electrons. The summed E-state index contributed by atoms with van der Waals surface area (Å²) in [5.74, 6) is 0.264. The molecular formula is C15H12F3N3O. The van der Waals surface area contributed by atoms with Gasteiger partial charge in [-0.3, -0.25) is 4.98 Å². The number of fused-ring (bicyclic) bond motifs is 1. The van der Waals surface area contributed by atoms with Crippen molar-refractivity contribution in [2.75, 3.05) is 19.0 Å². The van der Waals surface area contributed by atoms with Crippen molar-refractivity contribution in [3.05, 3.63) is 42.2 Å². The normalized spacial score (nSPS) is 11.9. The lowest BCUT2D eigenvalue weighted by Crippen LogP contribution is -2.10. The van der Waals surface area contributed by atoms with Crippen LogP contribution in [-0.4, -0.2) is 24.1 Å². The van der Waals surface area contributed by atoms with Crippen molar-refractivity contribution in [1.29, 1.82) is 0 Å². The molecule has 0 radical (unpaired) electrons. The second-order valence-corrected chi connectivity index (χ2v) is 4.99. The molecule has 7 heteroatoms. The lowest BCUT2D eigenvalue weighted by Gasteiger charge is -2.14. The monoisotopic (exact) mass is 307 g/mol. The molecule has 4 nitrogen and oxygen atoms in total. The van der Waals surface area contributed by atoms with Crippen LogP contribution in [0.1, 0.15) is 5.56 Å². The molecule has 0 saturated heterocycles. The Morgan fingerprint density at radius 2 is 1.91 bits per heavy atom. The molecule has 1 aromatic carbocycles. The van der Waals surface area contributed by atoms with E-state index in [1.165, 1.54) is 6.07 Å². The van der Waals surface area contributed by atoms with Crippen LogP contribution in [0.15, 0.2) is 41.1 Å². The fourth-order valence-electron chi connectivity index (χ4n) is 2.14. The number of halogens is 3. The number of hydrogen-bond acceptors (Lipinski definition) is 4. The zero-order valence-corrected chi connectivity index (χ0v) is 11.8. The molecule has 3 rings (SSSR count). The Bertz CT molecular complexity index is 824. The first-order valence-corrected chi connectivity index (χ1v) is 6.46. The van der Waals surface area contributed by atoms with Crippen LogP contribution in [0.3, 0.4) is 0 Å². The molecule has 2 heterocycles. The molecule has 0 saturated carbocycles. The minimum Gasteiger partial charge on any atom is -0.436 e. The van der Waals surface area contributed by atoms with Gasteiger partial charge in [0.2, 0.25) is 5.89 Å². The van der Waals surface area contributed by atoms with Gasteiger partial charge in [-0.15, -0.1) is 0 Å². The SMILES string of the molecule is CN(C)c1cnccc1-c1nc2cc(C(F)(F)F)ccc2o1. The van der Waals surface area contributed by atoms with E-state index in [2.05, 4.69) is 9.97 Å². The van der Waals surface area contributed by atoms with Gasteiger partial charge in [0.15, 0.2) is 5.58 Å². The average molecular weight is 307 g/mol. The van der Waals surface area contributed by atoms with Gasteiger partial charge in [0.1, 0.15) is 5.52 Å². The van der Waals surface area contributed by atoms with Gasteiger partial charge in [-0.25, -0.2) is 4.98 Å². The zero-order valence-electron chi connectivity index (χ0n) is 11.8. The predicted molar refractivity (Wildman–Crippen MR) is 76.6 cm³/mol. The number of nitrogens with zero attached hydrogens (tertiary/aromatic N) is 3. The van der Waals surface area contributed by atoms with E-state index in [9.17, 15) is 13.2 Å². The molecule has 0 bridgehead atoms. The molecule has 0 spiro atoms. The molecule has 3 aromatic rings. The van der Waals surface area contributed by atoms with Gasteiger partial charge < -0.3 is 9.32 Å². The van der Waals surface area contributed by atoms with E-state index in [4.69, 9.17) is 4.42 Å². The second-order valence-electron chi connectivity index (χ2n) is 4.99. The Kier molecular flexibility index (Phi) is 3.27. The topological polar surface area (TPSA) is 42.2 Å². The summed E-state index contributed by atoms with van der Waals surface area (Å²) in [6, 6.07) is 4.96. The Morgan fingerprint density at radius 1 is 1.14 bits per heavy atom. The number of pyridine rings is 1. The summed E-state index contributed by atoms with van der Waals surface area (Å²) in [6.45, 7) is 0. The summed E-state index contributed by atoms with van der Waals surface area (Å²) in [5.41, 5.74) is 1.17. The fraction of sp³-hybridized carbons (Fsp3) is 0.200. The van der Waals surface area contributed by atoms with Crippen molar-refractivity contribution in [2.45, 2.75) is 6.18 Å². The number of benzene rings is 1. The van der Waals surface area contributed by atoms with E-state index >= 15 is 0 Å². The maximum Gasteiger partial charge on any atom is 0.416 e. The fourth-order valence-corrected chi connectivity index (χ4v) is 2.14. The van der Waals surface area contributed by atoms with E-state index in [1.807, 2.05) is 19.0 Å². The highest BCUT2D eigenvalue weighted by atomic mass is 19.4. The van der Waals surface area contributed by atoms with E-state index in [0.717, 1.165) is 17.8 Å². The van der Waals surface area contributed by atoms with Crippen molar-refractivity contribution in [3.63, 3.8) is 0 Å². The summed E-state index contributed by atoms with van der Waals surface area (Å²) in [6.07, 6.45) is -1.18. The zero-order chi connectivity index (χ0) is 15.9. The van der Waals surface area contributed by atoms with Gasteiger partial charge in [0.05, 0.1) is 23.0 Å². The van der Waals surface area contributed by atoms with Crippen LogP contribution in [0.5, 0.6) is 0 Å². The number of anilines is 1. The first kappa shape index (κ1) is 14.4. The Balaban J connectivity index is 2.14. The minimum atomic E-state index is -4.40. The summed E-state index contributed by atoms with van der Waals surface area (Å²) in [5, 5.41) is 0. The summed E-state index contributed by atoms with van der Waals surface area (Å²) in [4.78, 5) is 10.0. The number of alkyl halides is 3. The van der Waals surface area contributed by atoms with E-state index < -0.39 is 11.7 Å². The third-order valence-corrected chi connectivity index (χ3v) is 3.23. The lowest BCUT2D eigenvalue weighted by atomic mass is 10.2. The van der Waals surface area contributed by atoms with Crippen LogP contribution in [0.2, 0.25) is 0 Å². The third kappa shape index (κ3) is 2.49. The van der Waals surface area contributed by atoms with Crippen molar-refractivity contribution in [3.8, 4) is 11.5 Å². The smallest absolute Gasteiger partial charge is 0.416 e. The molecular weight excluding hydrogens is 295 g/mol. The van der Waals surface area contributed by atoms with Crippen molar-refractivity contribution in [2.24, 2.45) is 0 Å². The number of hydrogen-bond donors (Lipinski definition) is 0. The maximum atomic E-state index is 12.7. The Labute approximate surface area is 124 Å². The minimum absolute atomic E-state index is 0.173. The lowest BCUT2D eigenvalue weighted by molar-refractivity contribution is -0.137. The Morgan fingerprint density at radius 3 is 2.59 bits per heavy atom. The molecule has 2 aromatic heterocycles. The molecule has 0 atom stereocenters. The molecule has 22 heavy (non-hydrogen) atoms. The van der Waals surface area contributed by atoms with Gasteiger partial charge in [-0.05, 0) is 24.3 Å². The maximum absolute atomic E-state index is 12.7. The molecule has 0 unspecified atom stereocenters. The van der Waals surface area contributed by atoms with E-state index in [-0.39, 0.29) is 11.4 Å². The van der Waals surface area contributed by atoms with Crippen molar-refractivity contribution < 1.29 is 17.6 Å². The highest BCUT2D eigenvalue weighted by Gasteiger charge is 2.31. The first-order chi connectivity index (χ1) is 10.4. The molecule has 0 fully saturated rings. The second kappa shape index (κ2) is 5.01. The summed E-state index contributed by atoms with van der Waals surface area (Å²) < 4.78 is 43.8. The van der Waals surface area contributed by atoms with E-state index in [1.54, 1.807) is 18.5 Å². The molecule has 0 N–H and O–H groups in total. The van der Waals surface area contributed by atoms with Crippen LogP contribution < -0.4 is 4.90 Å². The third-order valence-electron chi connectivity index (χ3n) is 3.23. The van der Waals surface area contributed by atoms with Gasteiger partial charge in [0, 0.05) is 20.3 Å². The van der Waals surface area contributed by atoms with E-state index in [0.29, 0.717) is 11.1 Å². The largest absolute Gasteiger partial charge is 0.436 e. The highest BCUT2D eigenvalue weighted by Crippen LogP contribution is 2.34. The molecule has 0 amide bonds.